The Kier molecular flexibility index (Phi) is 7.75. The lowest BCUT2D eigenvalue weighted by Crippen LogP contribution is -2.09. The zero-order chi connectivity index (χ0) is 37.2. The molecule has 0 aliphatic heterocycles. The first-order valence-electron chi connectivity index (χ1n) is 19.4. The van der Waals surface area contributed by atoms with Gasteiger partial charge in [0.1, 0.15) is 11.2 Å². The maximum absolute atomic E-state index is 6.37. The van der Waals surface area contributed by atoms with E-state index in [4.69, 9.17) is 4.42 Å². The minimum Gasteiger partial charge on any atom is -0.456 e. The third-order valence-electron chi connectivity index (χ3n) is 11.5. The highest BCUT2D eigenvalue weighted by molar-refractivity contribution is 7.25. The highest BCUT2D eigenvalue weighted by Gasteiger charge is 2.18. The van der Waals surface area contributed by atoms with E-state index < -0.39 is 0 Å². The Hall–Kier alpha value is -6.68. The van der Waals surface area contributed by atoms with E-state index in [0.29, 0.717) is 5.92 Å². The molecule has 266 valence electrons. The molecule has 0 saturated heterocycles. The van der Waals surface area contributed by atoms with Gasteiger partial charge in [-0.25, -0.2) is 0 Å². The van der Waals surface area contributed by atoms with Crippen LogP contribution in [0.4, 0.5) is 17.1 Å². The van der Waals surface area contributed by atoms with Gasteiger partial charge in [-0.05, 0) is 118 Å². The van der Waals surface area contributed by atoms with E-state index in [0.717, 1.165) is 45.4 Å². The van der Waals surface area contributed by atoms with Crippen LogP contribution in [0, 0.1) is 0 Å². The van der Waals surface area contributed by atoms with Gasteiger partial charge in [-0.3, -0.25) is 0 Å². The zero-order valence-electron chi connectivity index (χ0n) is 30.9. The number of hydrogen-bond acceptors (Lipinski definition) is 3. The molecule has 11 rings (SSSR count). The van der Waals surface area contributed by atoms with Crippen molar-refractivity contribution < 1.29 is 4.42 Å². The van der Waals surface area contributed by atoms with Crippen LogP contribution in [-0.4, -0.2) is 0 Å². The summed E-state index contributed by atoms with van der Waals surface area (Å²) in [5, 5.41) is 4.86. The number of anilines is 3. The van der Waals surface area contributed by atoms with E-state index in [1.54, 1.807) is 0 Å². The van der Waals surface area contributed by atoms with Crippen molar-refractivity contribution >= 4 is 76.6 Å². The summed E-state index contributed by atoms with van der Waals surface area (Å²) in [6, 6.07) is 64.1. The highest BCUT2D eigenvalue weighted by Crippen LogP contribution is 2.43. The highest BCUT2D eigenvalue weighted by atomic mass is 32.1. The lowest BCUT2D eigenvalue weighted by atomic mass is 9.86. The van der Waals surface area contributed by atoms with Crippen molar-refractivity contribution in [2.75, 3.05) is 4.90 Å². The Bertz CT molecular complexity index is 3010. The van der Waals surface area contributed by atoms with Crippen molar-refractivity contribution in [2.24, 2.45) is 0 Å². The smallest absolute Gasteiger partial charge is 0.137 e. The normalized spacial score (nSPS) is 13.8. The van der Waals surface area contributed by atoms with Crippen molar-refractivity contribution in [1.29, 1.82) is 0 Å². The second-order valence-electron chi connectivity index (χ2n) is 15.0. The van der Waals surface area contributed by atoms with Crippen LogP contribution in [0.3, 0.4) is 0 Å². The average Bonchev–Trinajstić information content (AvgIpc) is 3.82. The molecule has 8 aromatic carbocycles. The van der Waals surface area contributed by atoms with E-state index >= 15 is 0 Å². The van der Waals surface area contributed by atoms with Gasteiger partial charge in [-0.15, -0.1) is 11.3 Å². The fourth-order valence-electron chi connectivity index (χ4n) is 8.56. The van der Waals surface area contributed by atoms with Gasteiger partial charge in [-0.2, -0.15) is 0 Å². The van der Waals surface area contributed by atoms with Crippen LogP contribution in [0.5, 0.6) is 0 Å². The fourth-order valence-corrected chi connectivity index (χ4v) is 9.70. The Labute approximate surface area is 330 Å². The summed E-state index contributed by atoms with van der Waals surface area (Å²) in [6.07, 6.45) is 5.69. The molecular formula is C53H37NOS. The maximum Gasteiger partial charge on any atom is 0.137 e. The average molecular weight is 736 g/mol. The van der Waals surface area contributed by atoms with Crippen molar-refractivity contribution in [1.82, 2.24) is 0 Å². The first kappa shape index (κ1) is 32.7. The Morgan fingerprint density at radius 3 is 1.88 bits per heavy atom. The number of allylic oxidation sites excluding steroid dienone is 1. The molecule has 10 aromatic rings. The minimum absolute atomic E-state index is 0.574. The second-order valence-corrected chi connectivity index (χ2v) is 16.1. The van der Waals surface area contributed by atoms with Gasteiger partial charge in [0.2, 0.25) is 0 Å². The zero-order valence-corrected chi connectivity index (χ0v) is 31.8. The molecule has 56 heavy (non-hydrogen) atoms. The van der Waals surface area contributed by atoms with Gasteiger partial charge in [0.25, 0.3) is 0 Å². The topological polar surface area (TPSA) is 16.4 Å². The molecular weight excluding hydrogens is 699 g/mol. The number of nitrogens with zero attached hydrogens (tertiary/aromatic N) is 1. The predicted octanol–water partition coefficient (Wildman–Crippen LogP) is 15.9. The molecule has 0 radical (unpaired) electrons. The molecule has 0 amide bonds. The van der Waals surface area contributed by atoms with Gasteiger partial charge < -0.3 is 9.32 Å². The first-order chi connectivity index (χ1) is 27.6. The number of hydrogen-bond donors (Lipinski definition) is 0. The minimum atomic E-state index is 0.574. The Morgan fingerprint density at radius 2 is 1.05 bits per heavy atom. The van der Waals surface area contributed by atoms with Crippen molar-refractivity contribution in [3.63, 3.8) is 0 Å². The fraction of sp³-hybridized carbons (Fsp3) is 0.0566. The van der Waals surface area contributed by atoms with Crippen LogP contribution in [-0.2, 0) is 0 Å². The summed E-state index contributed by atoms with van der Waals surface area (Å²) in [4.78, 5) is 2.34. The van der Waals surface area contributed by atoms with Crippen LogP contribution in [0.25, 0.3) is 81.6 Å². The summed E-state index contributed by atoms with van der Waals surface area (Å²) in [5.41, 5.74) is 15.1. The summed E-state index contributed by atoms with van der Waals surface area (Å²) < 4.78 is 8.95. The molecule has 1 aliphatic carbocycles. The Morgan fingerprint density at radius 1 is 0.464 bits per heavy atom. The molecule has 0 spiro atoms. The SMILES string of the molecule is CC1CC=Cc2cc(-c3cccc(-c4ccc(-c5ccc(N(c6ccc7c(c6)oc6ccccc67)c6ccc7c(c6)sc6ccccc67)cc5)cc4)c3)ccc21. The largest absolute Gasteiger partial charge is 0.456 e. The van der Waals surface area contributed by atoms with E-state index in [1.165, 1.54) is 64.7 Å². The van der Waals surface area contributed by atoms with E-state index in [2.05, 4.69) is 188 Å². The van der Waals surface area contributed by atoms with Crippen LogP contribution in [0.2, 0.25) is 0 Å². The van der Waals surface area contributed by atoms with Crippen molar-refractivity contribution in [2.45, 2.75) is 19.3 Å². The van der Waals surface area contributed by atoms with E-state index in [1.807, 2.05) is 23.5 Å². The number of benzene rings is 8. The quantitative estimate of drug-likeness (QED) is 0.169. The predicted molar refractivity (Wildman–Crippen MR) is 240 cm³/mol. The molecule has 0 saturated carbocycles. The first-order valence-corrected chi connectivity index (χ1v) is 20.2. The van der Waals surface area contributed by atoms with Gasteiger partial charge in [0.05, 0.1) is 0 Å². The maximum atomic E-state index is 6.37. The van der Waals surface area contributed by atoms with Gasteiger partial charge in [-0.1, -0.05) is 128 Å². The van der Waals surface area contributed by atoms with Crippen molar-refractivity contribution in [3.05, 3.63) is 193 Å². The summed E-state index contributed by atoms with van der Waals surface area (Å²) in [6.45, 7) is 2.31. The summed E-state index contributed by atoms with van der Waals surface area (Å²) >= 11 is 1.85. The molecule has 2 heterocycles. The second kappa shape index (κ2) is 13.3. The van der Waals surface area contributed by atoms with E-state index in [9.17, 15) is 0 Å². The van der Waals surface area contributed by atoms with Crippen LogP contribution < -0.4 is 4.90 Å². The number of rotatable bonds is 6. The standard InChI is InChI=1S/C53H37NOS/c1-34-8-6-11-41-31-40(22-27-45(34)41)39-10-7-9-38(30-39)37-18-16-35(17-19-37)36-20-23-42(24-21-36)54(43-25-28-47-46-12-2-4-14-50(46)55-51(47)32-43)44-26-29-49-48-13-3-5-15-52(48)56-53(49)33-44/h2-7,9-34H,8H2,1H3. The lowest BCUT2D eigenvalue weighted by molar-refractivity contribution is 0.669. The molecule has 0 N–H and O–H groups in total. The number of fused-ring (bicyclic) bond motifs is 7. The van der Waals surface area contributed by atoms with Gasteiger partial charge >= 0.3 is 0 Å². The molecule has 0 fully saturated rings. The van der Waals surface area contributed by atoms with Crippen LogP contribution >= 0.6 is 11.3 Å². The molecule has 2 nitrogen and oxygen atoms in total. The number of furan rings is 1. The molecule has 1 unspecified atom stereocenters. The van der Waals surface area contributed by atoms with Crippen LogP contribution in [0.15, 0.2) is 186 Å². The number of thiophene rings is 1. The third kappa shape index (κ3) is 5.63. The molecule has 2 aromatic heterocycles. The lowest BCUT2D eigenvalue weighted by Gasteiger charge is -2.26. The van der Waals surface area contributed by atoms with Crippen LogP contribution in [0.1, 0.15) is 30.4 Å². The molecule has 1 atom stereocenters. The van der Waals surface area contributed by atoms with Gasteiger partial charge in [0, 0.05) is 54.1 Å². The molecule has 3 heteroatoms. The third-order valence-corrected chi connectivity index (χ3v) is 12.7. The Balaban J connectivity index is 0.927. The van der Waals surface area contributed by atoms with E-state index in [-0.39, 0.29) is 0 Å². The monoisotopic (exact) mass is 735 g/mol. The molecule has 0 bridgehead atoms. The summed E-state index contributed by atoms with van der Waals surface area (Å²) in [5.74, 6) is 0.574. The van der Waals surface area contributed by atoms with Crippen molar-refractivity contribution in [3.8, 4) is 33.4 Å². The summed E-state index contributed by atoms with van der Waals surface area (Å²) in [7, 11) is 0. The number of para-hydroxylation sites is 1. The van der Waals surface area contributed by atoms with Gasteiger partial charge in [0.15, 0.2) is 0 Å². The molecule has 1 aliphatic rings.